The first kappa shape index (κ1) is 13.5. The molecular weight excluding hydrogens is 340 g/mol. The van der Waals surface area contributed by atoms with Crippen molar-refractivity contribution >= 4 is 44.8 Å². The van der Waals surface area contributed by atoms with Crippen LogP contribution in [0.25, 0.3) is 0 Å². The van der Waals surface area contributed by atoms with Gasteiger partial charge in [0.1, 0.15) is 0 Å². The van der Waals surface area contributed by atoms with Gasteiger partial charge in [-0.15, -0.1) is 0 Å². The Bertz CT molecular complexity index is 702. The molecular formula is C15H12BrClN2O. The summed E-state index contributed by atoms with van der Waals surface area (Å²) in [5.74, 6) is 0.0737. The number of nitrogens with zero attached hydrogens (tertiary/aromatic N) is 1. The largest absolute Gasteiger partial charge is 0.399 e. The molecule has 0 aromatic heterocycles. The van der Waals surface area contributed by atoms with Crippen molar-refractivity contribution in [2.75, 3.05) is 10.6 Å². The van der Waals surface area contributed by atoms with Gasteiger partial charge in [0.05, 0.1) is 13.0 Å². The number of carbonyl (C=O) groups excluding carboxylic acids is 1. The van der Waals surface area contributed by atoms with E-state index in [4.69, 9.17) is 17.3 Å². The van der Waals surface area contributed by atoms with Gasteiger partial charge in [-0.05, 0) is 41.5 Å². The number of halogens is 2. The van der Waals surface area contributed by atoms with Crippen molar-refractivity contribution in [2.24, 2.45) is 0 Å². The summed E-state index contributed by atoms with van der Waals surface area (Å²) in [5, 5.41) is 0.649. The molecule has 0 radical (unpaired) electrons. The number of benzene rings is 2. The molecule has 2 aromatic carbocycles. The van der Waals surface area contributed by atoms with E-state index in [0.29, 0.717) is 23.7 Å². The summed E-state index contributed by atoms with van der Waals surface area (Å²) in [6, 6.07) is 11.2. The summed E-state index contributed by atoms with van der Waals surface area (Å²) in [7, 11) is 0. The lowest BCUT2D eigenvalue weighted by molar-refractivity contribution is -0.117. The number of rotatable bonds is 2. The molecule has 1 aliphatic heterocycles. The molecule has 0 saturated heterocycles. The Morgan fingerprint density at radius 2 is 2.05 bits per heavy atom. The van der Waals surface area contributed by atoms with Gasteiger partial charge in [-0.2, -0.15) is 0 Å². The van der Waals surface area contributed by atoms with Crippen LogP contribution in [0, 0.1) is 0 Å². The molecule has 102 valence electrons. The predicted octanol–water partition coefficient (Wildman–Crippen LogP) is 3.77. The Kier molecular flexibility index (Phi) is 3.44. The standard InChI is InChI=1S/C15H12BrClN2O/c16-11-2-1-9(13(17)7-11)8-19-14-4-3-12(18)5-10(14)6-15(19)20/h1-5,7H,6,8,18H2. The number of nitrogens with two attached hydrogens (primary N) is 1. The monoisotopic (exact) mass is 350 g/mol. The summed E-state index contributed by atoms with van der Waals surface area (Å²) in [4.78, 5) is 13.9. The Morgan fingerprint density at radius 3 is 2.80 bits per heavy atom. The minimum absolute atomic E-state index is 0.0737. The lowest BCUT2D eigenvalue weighted by Gasteiger charge is -2.18. The van der Waals surface area contributed by atoms with Gasteiger partial charge in [0.2, 0.25) is 5.91 Å². The average Bonchev–Trinajstić information content (AvgIpc) is 2.68. The van der Waals surface area contributed by atoms with Crippen LogP contribution in [-0.2, 0) is 17.8 Å². The van der Waals surface area contributed by atoms with Gasteiger partial charge in [0.25, 0.3) is 0 Å². The van der Waals surface area contributed by atoms with Gasteiger partial charge in [-0.25, -0.2) is 0 Å². The SMILES string of the molecule is Nc1ccc2c(c1)CC(=O)N2Cc1ccc(Br)cc1Cl. The second-order valence-corrected chi connectivity index (χ2v) is 6.10. The van der Waals surface area contributed by atoms with Crippen molar-refractivity contribution in [1.82, 2.24) is 0 Å². The number of hydrogen-bond acceptors (Lipinski definition) is 2. The van der Waals surface area contributed by atoms with E-state index < -0.39 is 0 Å². The number of amides is 1. The van der Waals surface area contributed by atoms with Crippen molar-refractivity contribution in [1.29, 1.82) is 0 Å². The third-order valence-corrected chi connectivity index (χ3v) is 4.23. The second-order valence-electron chi connectivity index (χ2n) is 4.78. The molecule has 0 fully saturated rings. The Hall–Kier alpha value is -1.52. The van der Waals surface area contributed by atoms with E-state index in [-0.39, 0.29) is 5.91 Å². The van der Waals surface area contributed by atoms with Crippen LogP contribution in [0.4, 0.5) is 11.4 Å². The molecule has 2 N–H and O–H groups in total. The second kappa shape index (κ2) is 5.11. The highest BCUT2D eigenvalue weighted by molar-refractivity contribution is 9.10. The average molecular weight is 352 g/mol. The number of carbonyl (C=O) groups is 1. The number of hydrogen-bond donors (Lipinski definition) is 1. The molecule has 3 nitrogen and oxygen atoms in total. The van der Waals surface area contributed by atoms with Crippen LogP contribution in [0.5, 0.6) is 0 Å². The highest BCUT2D eigenvalue weighted by atomic mass is 79.9. The van der Waals surface area contributed by atoms with E-state index >= 15 is 0 Å². The molecule has 0 saturated carbocycles. The summed E-state index contributed by atoms with van der Waals surface area (Å²) in [6.07, 6.45) is 0.397. The molecule has 1 aliphatic rings. The summed E-state index contributed by atoms with van der Waals surface area (Å²) < 4.78 is 0.923. The van der Waals surface area contributed by atoms with E-state index in [2.05, 4.69) is 15.9 Å². The van der Waals surface area contributed by atoms with Crippen LogP contribution in [0.1, 0.15) is 11.1 Å². The van der Waals surface area contributed by atoms with Gasteiger partial charge in [0.15, 0.2) is 0 Å². The zero-order valence-corrected chi connectivity index (χ0v) is 12.9. The van der Waals surface area contributed by atoms with E-state index in [1.54, 1.807) is 4.90 Å². The number of fused-ring (bicyclic) bond motifs is 1. The van der Waals surface area contributed by atoms with Crippen LogP contribution in [0.3, 0.4) is 0 Å². The molecule has 1 amide bonds. The quantitative estimate of drug-likeness (QED) is 0.837. The van der Waals surface area contributed by atoms with Gasteiger partial charge in [-0.3, -0.25) is 4.79 Å². The lowest BCUT2D eigenvalue weighted by atomic mass is 10.1. The van der Waals surface area contributed by atoms with Gasteiger partial charge >= 0.3 is 0 Å². The van der Waals surface area contributed by atoms with Gasteiger partial charge in [0, 0.05) is 20.9 Å². The fraction of sp³-hybridized carbons (Fsp3) is 0.133. The highest BCUT2D eigenvalue weighted by Gasteiger charge is 2.27. The minimum Gasteiger partial charge on any atom is -0.399 e. The fourth-order valence-corrected chi connectivity index (χ4v) is 3.13. The van der Waals surface area contributed by atoms with Crippen molar-refractivity contribution in [3.63, 3.8) is 0 Å². The summed E-state index contributed by atoms with van der Waals surface area (Å²) in [6.45, 7) is 0.474. The Balaban J connectivity index is 1.94. The first-order valence-electron chi connectivity index (χ1n) is 6.17. The van der Waals surface area contributed by atoms with Crippen molar-refractivity contribution < 1.29 is 4.79 Å². The van der Waals surface area contributed by atoms with E-state index in [1.807, 2.05) is 36.4 Å². The van der Waals surface area contributed by atoms with Crippen LogP contribution < -0.4 is 10.6 Å². The maximum Gasteiger partial charge on any atom is 0.231 e. The minimum atomic E-state index is 0.0737. The van der Waals surface area contributed by atoms with Crippen LogP contribution in [-0.4, -0.2) is 5.91 Å². The molecule has 20 heavy (non-hydrogen) atoms. The molecule has 0 unspecified atom stereocenters. The smallest absolute Gasteiger partial charge is 0.231 e. The molecule has 0 spiro atoms. The number of nitrogen functional groups attached to an aromatic ring is 1. The normalized spacial score (nSPS) is 13.7. The molecule has 1 heterocycles. The fourth-order valence-electron chi connectivity index (χ4n) is 2.40. The maximum absolute atomic E-state index is 12.2. The first-order valence-corrected chi connectivity index (χ1v) is 7.34. The lowest BCUT2D eigenvalue weighted by Crippen LogP contribution is -2.26. The van der Waals surface area contributed by atoms with Gasteiger partial charge in [-0.1, -0.05) is 33.6 Å². The predicted molar refractivity (Wildman–Crippen MR) is 84.9 cm³/mol. The maximum atomic E-state index is 12.2. The molecule has 0 bridgehead atoms. The summed E-state index contributed by atoms with van der Waals surface area (Å²) >= 11 is 9.60. The molecule has 0 atom stereocenters. The summed E-state index contributed by atoms with van der Waals surface area (Å²) in [5.41, 5.74) is 9.26. The third-order valence-electron chi connectivity index (χ3n) is 3.38. The number of anilines is 2. The Labute approximate surface area is 130 Å². The van der Waals surface area contributed by atoms with Gasteiger partial charge < -0.3 is 10.6 Å². The molecule has 3 rings (SSSR count). The van der Waals surface area contributed by atoms with E-state index in [1.165, 1.54) is 0 Å². The topological polar surface area (TPSA) is 46.3 Å². The Morgan fingerprint density at radius 1 is 1.25 bits per heavy atom. The third kappa shape index (κ3) is 2.41. The first-order chi connectivity index (χ1) is 9.54. The van der Waals surface area contributed by atoms with E-state index in [9.17, 15) is 4.79 Å². The highest BCUT2D eigenvalue weighted by Crippen LogP contribution is 2.33. The molecule has 2 aromatic rings. The van der Waals surface area contributed by atoms with Crippen LogP contribution in [0.2, 0.25) is 5.02 Å². The van der Waals surface area contributed by atoms with Crippen molar-refractivity contribution in [3.8, 4) is 0 Å². The molecule has 5 heteroatoms. The van der Waals surface area contributed by atoms with Crippen molar-refractivity contribution in [2.45, 2.75) is 13.0 Å². The van der Waals surface area contributed by atoms with Crippen molar-refractivity contribution in [3.05, 3.63) is 57.0 Å². The zero-order valence-electron chi connectivity index (χ0n) is 10.6. The van der Waals surface area contributed by atoms with Crippen LogP contribution >= 0.6 is 27.5 Å². The van der Waals surface area contributed by atoms with Crippen LogP contribution in [0.15, 0.2) is 40.9 Å². The van der Waals surface area contributed by atoms with E-state index in [0.717, 1.165) is 21.3 Å². The molecule has 0 aliphatic carbocycles. The zero-order chi connectivity index (χ0) is 14.3.